The van der Waals surface area contributed by atoms with Gasteiger partial charge in [0.2, 0.25) is 10.0 Å². The molecule has 8 heteroatoms. The first-order valence-corrected chi connectivity index (χ1v) is 8.42. The molecule has 0 aliphatic carbocycles. The lowest BCUT2D eigenvalue weighted by molar-refractivity contribution is 0.442. The van der Waals surface area contributed by atoms with Gasteiger partial charge in [0.25, 0.3) is 0 Å². The van der Waals surface area contributed by atoms with Crippen LogP contribution in [0.5, 0.6) is 0 Å². The third-order valence-corrected chi connectivity index (χ3v) is 5.13. The number of hydrogen-bond donors (Lipinski definition) is 1. The van der Waals surface area contributed by atoms with Gasteiger partial charge in [0, 0.05) is 11.4 Å². The summed E-state index contributed by atoms with van der Waals surface area (Å²) >= 11 is 6.68. The van der Waals surface area contributed by atoms with E-state index in [4.69, 9.17) is 11.6 Å². The molecule has 0 atom stereocenters. The van der Waals surface area contributed by atoms with Gasteiger partial charge in [0.05, 0.1) is 11.4 Å². The SMILES string of the molecule is CC(C)(CCCl)NS(=O)(=O)c1cccc2c1N=S=N2. The Bertz CT molecular complexity index is 665. The van der Waals surface area contributed by atoms with Crippen LogP contribution in [0.3, 0.4) is 0 Å². The molecular formula is C11H14ClN3O2S2. The van der Waals surface area contributed by atoms with E-state index in [2.05, 4.69) is 13.4 Å². The molecule has 1 aliphatic rings. The lowest BCUT2D eigenvalue weighted by atomic mass is 10.0. The molecule has 5 nitrogen and oxygen atoms in total. The molecule has 0 amide bonds. The first-order valence-electron chi connectivity index (χ1n) is 5.67. The van der Waals surface area contributed by atoms with E-state index in [1.54, 1.807) is 26.0 Å². The van der Waals surface area contributed by atoms with E-state index in [1.807, 2.05) is 0 Å². The third-order valence-electron chi connectivity index (χ3n) is 2.67. The molecule has 1 aromatic rings. The zero-order chi connectivity index (χ0) is 14.1. The minimum absolute atomic E-state index is 0.154. The molecule has 0 radical (unpaired) electrons. The van der Waals surface area contributed by atoms with Crippen molar-refractivity contribution in [3.8, 4) is 0 Å². The van der Waals surface area contributed by atoms with E-state index < -0.39 is 15.6 Å². The maximum absolute atomic E-state index is 12.4. The molecule has 1 N–H and O–H groups in total. The van der Waals surface area contributed by atoms with E-state index in [1.165, 1.54) is 6.07 Å². The minimum Gasteiger partial charge on any atom is -0.207 e. The van der Waals surface area contributed by atoms with Crippen LogP contribution in [0.4, 0.5) is 11.4 Å². The first-order chi connectivity index (χ1) is 8.86. The summed E-state index contributed by atoms with van der Waals surface area (Å²) in [6, 6.07) is 4.93. The Kier molecular flexibility index (Phi) is 4.10. The van der Waals surface area contributed by atoms with E-state index in [9.17, 15) is 8.42 Å². The Morgan fingerprint density at radius 1 is 1.37 bits per heavy atom. The second kappa shape index (κ2) is 5.32. The second-order valence-corrected chi connectivity index (χ2v) is 7.37. The van der Waals surface area contributed by atoms with Crippen LogP contribution in [0, 0.1) is 0 Å². The lowest BCUT2D eigenvalue weighted by Crippen LogP contribution is -2.43. The van der Waals surface area contributed by atoms with Gasteiger partial charge in [-0.2, -0.15) is 8.73 Å². The van der Waals surface area contributed by atoms with Crippen molar-refractivity contribution in [2.75, 3.05) is 5.88 Å². The van der Waals surface area contributed by atoms with E-state index in [0.29, 0.717) is 23.7 Å². The van der Waals surface area contributed by atoms with Crippen LogP contribution in [0.2, 0.25) is 0 Å². The predicted molar refractivity (Wildman–Crippen MR) is 77.7 cm³/mol. The fourth-order valence-electron chi connectivity index (χ4n) is 1.70. The maximum atomic E-state index is 12.4. The van der Waals surface area contributed by atoms with Gasteiger partial charge in [-0.3, -0.25) is 0 Å². The van der Waals surface area contributed by atoms with Gasteiger partial charge < -0.3 is 0 Å². The summed E-state index contributed by atoms with van der Waals surface area (Å²) in [5, 5.41) is 0. The number of nitrogens with one attached hydrogen (secondary N) is 1. The zero-order valence-electron chi connectivity index (χ0n) is 10.6. The second-order valence-electron chi connectivity index (χ2n) is 4.82. The zero-order valence-corrected chi connectivity index (χ0v) is 12.9. The molecule has 0 fully saturated rings. The van der Waals surface area contributed by atoms with Crippen molar-refractivity contribution in [2.24, 2.45) is 8.73 Å². The van der Waals surface area contributed by atoms with Gasteiger partial charge in [0.15, 0.2) is 0 Å². The highest BCUT2D eigenvalue weighted by molar-refractivity contribution is 7.89. The highest BCUT2D eigenvalue weighted by Crippen LogP contribution is 2.37. The van der Waals surface area contributed by atoms with Gasteiger partial charge in [-0.1, -0.05) is 6.07 Å². The molecule has 0 bridgehead atoms. The molecule has 1 heterocycles. The highest BCUT2D eigenvalue weighted by Gasteiger charge is 2.29. The summed E-state index contributed by atoms with van der Waals surface area (Å²) in [7, 11) is -3.64. The van der Waals surface area contributed by atoms with Crippen LogP contribution >= 0.6 is 11.6 Å². The number of halogens is 1. The topological polar surface area (TPSA) is 70.9 Å². The van der Waals surface area contributed by atoms with Crippen molar-refractivity contribution < 1.29 is 8.42 Å². The molecule has 0 saturated heterocycles. The van der Waals surface area contributed by atoms with Crippen LogP contribution in [0.25, 0.3) is 0 Å². The highest BCUT2D eigenvalue weighted by atomic mass is 35.5. The third kappa shape index (κ3) is 3.22. The fourth-order valence-corrected chi connectivity index (χ4v) is 4.39. The van der Waals surface area contributed by atoms with E-state index in [0.717, 1.165) is 11.4 Å². The van der Waals surface area contributed by atoms with E-state index >= 15 is 0 Å². The van der Waals surface area contributed by atoms with Crippen LogP contribution < -0.4 is 4.72 Å². The Morgan fingerprint density at radius 3 is 2.79 bits per heavy atom. The number of benzene rings is 1. The number of nitrogens with zero attached hydrogens (tertiary/aromatic N) is 2. The molecule has 0 spiro atoms. The Balaban J connectivity index is 2.37. The summed E-state index contributed by atoms with van der Waals surface area (Å²) in [4.78, 5) is 0.154. The molecule has 0 unspecified atom stereocenters. The number of hydrogen-bond acceptors (Lipinski definition) is 4. The molecule has 0 aromatic heterocycles. The van der Waals surface area contributed by atoms with Gasteiger partial charge in [0.1, 0.15) is 16.3 Å². The van der Waals surface area contributed by atoms with Crippen molar-refractivity contribution in [2.45, 2.75) is 30.7 Å². The Labute approximate surface area is 121 Å². The largest absolute Gasteiger partial charge is 0.243 e. The average molecular weight is 320 g/mol. The summed E-state index contributed by atoms with van der Waals surface area (Å²) in [6.07, 6.45) is 0.541. The van der Waals surface area contributed by atoms with Crippen LogP contribution in [0.15, 0.2) is 31.8 Å². The number of fused-ring (bicyclic) bond motifs is 1. The molecule has 104 valence electrons. The van der Waals surface area contributed by atoms with E-state index in [-0.39, 0.29) is 4.90 Å². The summed E-state index contributed by atoms with van der Waals surface area (Å²) < 4.78 is 35.6. The molecular weight excluding hydrogens is 306 g/mol. The summed E-state index contributed by atoms with van der Waals surface area (Å²) in [5.74, 6) is 0.387. The van der Waals surface area contributed by atoms with Crippen molar-refractivity contribution in [1.82, 2.24) is 4.72 Å². The van der Waals surface area contributed by atoms with Crippen LogP contribution in [0.1, 0.15) is 20.3 Å². The van der Waals surface area contributed by atoms with Crippen molar-refractivity contribution >= 4 is 44.4 Å². The Hall–Kier alpha value is -0.760. The standard InChI is InChI=1S/C11H14ClN3O2S2/c1-11(2,6-7-12)15-19(16,17)9-5-3-4-8-10(9)14-18-13-8/h3-5,15H,6-7H2,1-2H3. The smallest absolute Gasteiger partial charge is 0.207 e. The number of sulfonamides is 1. The number of rotatable bonds is 5. The van der Waals surface area contributed by atoms with Gasteiger partial charge in [-0.25, -0.2) is 13.1 Å². The van der Waals surface area contributed by atoms with Crippen molar-refractivity contribution in [3.05, 3.63) is 18.2 Å². The normalized spacial score (nSPS) is 14.3. The fraction of sp³-hybridized carbons (Fsp3) is 0.455. The summed E-state index contributed by atoms with van der Waals surface area (Å²) in [6.45, 7) is 3.60. The quantitative estimate of drug-likeness (QED) is 0.860. The first kappa shape index (κ1) is 14.6. The van der Waals surface area contributed by atoms with Crippen LogP contribution in [-0.4, -0.2) is 19.8 Å². The molecule has 2 rings (SSSR count). The van der Waals surface area contributed by atoms with Gasteiger partial charge in [-0.15, -0.1) is 11.6 Å². The average Bonchev–Trinajstić information content (AvgIpc) is 2.74. The van der Waals surface area contributed by atoms with Gasteiger partial charge >= 0.3 is 0 Å². The molecule has 19 heavy (non-hydrogen) atoms. The van der Waals surface area contributed by atoms with Crippen LogP contribution in [-0.2, 0) is 21.4 Å². The van der Waals surface area contributed by atoms with Crippen molar-refractivity contribution in [1.29, 1.82) is 0 Å². The molecule has 1 aromatic carbocycles. The summed E-state index contributed by atoms with van der Waals surface area (Å²) in [5.41, 5.74) is 0.385. The minimum atomic E-state index is -3.64. The molecule has 0 saturated carbocycles. The van der Waals surface area contributed by atoms with Gasteiger partial charge in [-0.05, 0) is 32.4 Å². The maximum Gasteiger partial charge on any atom is 0.243 e. The molecule has 1 aliphatic heterocycles. The van der Waals surface area contributed by atoms with Crippen molar-refractivity contribution in [3.63, 3.8) is 0 Å². The predicted octanol–water partition coefficient (Wildman–Crippen LogP) is 3.10. The number of alkyl halides is 1. The lowest BCUT2D eigenvalue weighted by Gasteiger charge is -2.25. The monoisotopic (exact) mass is 319 g/mol. The Morgan fingerprint density at radius 2 is 2.11 bits per heavy atom.